The van der Waals surface area contributed by atoms with Gasteiger partial charge in [0.25, 0.3) is 0 Å². The van der Waals surface area contributed by atoms with E-state index in [0.29, 0.717) is 5.35 Å². The first-order valence-electron chi connectivity index (χ1n) is 3.57. The molecule has 0 aromatic carbocycles. The molecule has 0 spiro atoms. The number of nitrogens with one attached hydrogen (secondary N) is 2. The Bertz CT molecular complexity index is 445. The number of H-pyrrole nitrogens is 2. The third-order valence-electron chi connectivity index (χ3n) is 1.48. The number of imidazole rings is 1. The Morgan fingerprint density at radius 2 is 2.17 bits per heavy atom. The van der Waals surface area contributed by atoms with Crippen LogP contribution in [0.5, 0.6) is 0 Å². The lowest BCUT2D eigenvalue weighted by molar-refractivity contribution is 1.16. The van der Waals surface area contributed by atoms with Crippen molar-refractivity contribution < 1.29 is 0 Å². The largest absolute Gasteiger partial charge is 0.323 e. The maximum Gasteiger partial charge on any atom is 0.323 e. The summed E-state index contributed by atoms with van der Waals surface area (Å²) in [7, 11) is 0. The summed E-state index contributed by atoms with van der Waals surface area (Å²) in [6.07, 6.45) is 1.51. The van der Waals surface area contributed by atoms with E-state index in [1.54, 1.807) is 0 Å². The van der Waals surface area contributed by atoms with Gasteiger partial charge in [-0.05, 0) is 20.6 Å². The maximum absolute atomic E-state index is 10.9. The van der Waals surface area contributed by atoms with Gasteiger partial charge < -0.3 is 9.97 Å². The van der Waals surface area contributed by atoms with Crippen LogP contribution in [0.25, 0.3) is 11.8 Å². The standard InChI is InChI=1S/C8H11N3O/c1-5(2)7-6(4-9-3)10-8(12)11-7/h4H,3H2,1-2H3,(H2,10,11,12)/b6-4+. The molecule has 0 amide bonds. The van der Waals surface area contributed by atoms with Gasteiger partial charge in [-0.25, -0.2) is 4.79 Å². The fraction of sp³-hybridized carbons (Fsp3) is 0.250. The van der Waals surface area contributed by atoms with E-state index in [-0.39, 0.29) is 5.69 Å². The van der Waals surface area contributed by atoms with Crippen LogP contribution < -0.4 is 16.4 Å². The first kappa shape index (κ1) is 8.52. The van der Waals surface area contributed by atoms with E-state index in [1.807, 2.05) is 13.8 Å². The normalized spacial score (nSPS) is 11.7. The zero-order valence-corrected chi connectivity index (χ0v) is 7.14. The number of aromatic amines is 2. The molecule has 0 fully saturated rings. The monoisotopic (exact) mass is 165 g/mol. The molecule has 1 heterocycles. The summed E-state index contributed by atoms with van der Waals surface area (Å²) in [6, 6.07) is 0. The SMILES string of the molecule is C=N/C=c1/[nH]c(=O)[nH]c1=C(C)C. The number of nitrogens with zero attached hydrogens (tertiary/aromatic N) is 1. The van der Waals surface area contributed by atoms with E-state index in [9.17, 15) is 4.79 Å². The summed E-state index contributed by atoms with van der Waals surface area (Å²) < 4.78 is 0. The summed E-state index contributed by atoms with van der Waals surface area (Å²) in [4.78, 5) is 19.7. The second kappa shape index (κ2) is 3.21. The van der Waals surface area contributed by atoms with E-state index in [0.717, 1.165) is 10.9 Å². The van der Waals surface area contributed by atoms with Crippen LogP contribution in [-0.2, 0) is 0 Å². The lowest BCUT2D eigenvalue weighted by atomic mass is 10.3. The third kappa shape index (κ3) is 1.53. The fourth-order valence-electron chi connectivity index (χ4n) is 0.979. The molecular formula is C8H11N3O. The van der Waals surface area contributed by atoms with E-state index in [1.165, 1.54) is 6.20 Å². The van der Waals surface area contributed by atoms with Gasteiger partial charge in [-0.3, -0.25) is 4.99 Å². The molecule has 2 N–H and O–H groups in total. The van der Waals surface area contributed by atoms with Gasteiger partial charge >= 0.3 is 5.69 Å². The van der Waals surface area contributed by atoms with Crippen LogP contribution in [-0.4, -0.2) is 16.7 Å². The van der Waals surface area contributed by atoms with Gasteiger partial charge in [0.2, 0.25) is 0 Å². The fourth-order valence-corrected chi connectivity index (χ4v) is 0.979. The van der Waals surface area contributed by atoms with Gasteiger partial charge in [-0.2, -0.15) is 0 Å². The minimum atomic E-state index is -0.221. The Balaban J connectivity index is 3.71. The highest BCUT2D eigenvalue weighted by atomic mass is 16.1. The predicted molar refractivity (Wildman–Crippen MR) is 49.4 cm³/mol. The highest BCUT2D eigenvalue weighted by Crippen LogP contribution is 1.78. The Morgan fingerprint density at radius 1 is 1.50 bits per heavy atom. The van der Waals surface area contributed by atoms with Gasteiger partial charge in [0.05, 0.1) is 16.9 Å². The molecule has 12 heavy (non-hydrogen) atoms. The molecule has 1 aromatic heterocycles. The quantitative estimate of drug-likeness (QED) is 0.533. The van der Waals surface area contributed by atoms with Crippen LogP contribution in [0.1, 0.15) is 13.8 Å². The first-order chi connectivity index (χ1) is 5.65. The summed E-state index contributed by atoms with van der Waals surface area (Å²) in [5.74, 6) is 0. The van der Waals surface area contributed by atoms with Gasteiger partial charge in [0, 0.05) is 0 Å². The molecule has 0 saturated carbocycles. The molecule has 64 valence electrons. The van der Waals surface area contributed by atoms with Crippen LogP contribution in [0.4, 0.5) is 0 Å². The number of rotatable bonds is 1. The molecule has 1 rings (SSSR count). The molecule has 0 bridgehead atoms. The Labute approximate surface area is 69.4 Å². The summed E-state index contributed by atoms with van der Waals surface area (Å²) in [6.45, 7) is 7.15. The Morgan fingerprint density at radius 3 is 2.67 bits per heavy atom. The van der Waals surface area contributed by atoms with Crippen molar-refractivity contribution in [2.24, 2.45) is 4.99 Å². The number of hydrogen-bond donors (Lipinski definition) is 2. The van der Waals surface area contributed by atoms with Gasteiger partial charge in [-0.15, -0.1) is 0 Å². The zero-order valence-electron chi connectivity index (χ0n) is 7.14. The molecule has 4 heteroatoms. The minimum Gasteiger partial charge on any atom is -0.306 e. The lowest BCUT2D eigenvalue weighted by Gasteiger charge is -1.82. The molecule has 0 saturated heterocycles. The first-order valence-corrected chi connectivity index (χ1v) is 3.57. The smallest absolute Gasteiger partial charge is 0.306 e. The van der Waals surface area contributed by atoms with Gasteiger partial charge in [0.1, 0.15) is 0 Å². The van der Waals surface area contributed by atoms with Crippen molar-refractivity contribution in [1.29, 1.82) is 0 Å². The third-order valence-corrected chi connectivity index (χ3v) is 1.48. The molecule has 0 aliphatic carbocycles. The van der Waals surface area contributed by atoms with Crippen LogP contribution >= 0.6 is 0 Å². The van der Waals surface area contributed by atoms with Crippen LogP contribution in [0.3, 0.4) is 0 Å². The molecule has 0 aliphatic rings. The van der Waals surface area contributed by atoms with E-state index >= 15 is 0 Å². The topological polar surface area (TPSA) is 61.0 Å². The van der Waals surface area contributed by atoms with Crippen LogP contribution in [0.2, 0.25) is 0 Å². The van der Waals surface area contributed by atoms with Crippen LogP contribution in [0.15, 0.2) is 9.79 Å². The number of aromatic nitrogens is 2. The number of aliphatic imine (C=N–C) groups is 1. The second-order valence-corrected chi connectivity index (χ2v) is 2.68. The molecule has 0 aliphatic heterocycles. The van der Waals surface area contributed by atoms with Crippen molar-refractivity contribution in [2.75, 3.05) is 0 Å². The van der Waals surface area contributed by atoms with Gasteiger partial charge in [0.15, 0.2) is 0 Å². The van der Waals surface area contributed by atoms with E-state index in [2.05, 4.69) is 21.7 Å². The molecule has 0 atom stereocenters. The lowest BCUT2D eigenvalue weighted by Crippen LogP contribution is -2.25. The van der Waals surface area contributed by atoms with E-state index in [4.69, 9.17) is 0 Å². The van der Waals surface area contributed by atoms with Crippen molar-refractivity contribution in [2.45, 2.75) is 13.8 Å². The van der Waals surface area contributed by atoms with E-state index < -0.39 is 0 Å². The van der Waals surface area contributed by atoms with Crippen molar-refractivity contribution in [3.05, 3.63) is 21.2 Å². The number of hydrogen-bond acceptors (Lipinski definition) is 2. The zero-order chi connectivity index (χ0) is 9.14. The molecule has 0 radical (unpaired) electrons. The van der Waals surface area contributed by atoms with Crippen LogP contribution in [0, 0.1) is 0 Å². The summed E-state index contributed by atoms with van der Waals surface area (Å²) in [5, 5.41) is 1.46. The molecule has 1 aromatic rings. The minimum absolute atomic E-state index is 0.221. The van der Waals surface area contributed by atoms with Crippen molar-refractivity contribution in [3.63, 3.8) is 0 Å². The Hall–Kier alpha value is -1.58. The molecule has 0 unspecified atom stereocenters. The highest BCUT2D eigenvalue weighted by Gasteiger charge is 1.91. The summed E-state index contributed by atoms with van der Waals surface area (Å²) >= 11 is 0. The van der Waals surface area contributed by atoms with Crippen molar-refractivity contribution in [1.82, 2.24) is 9.97 Å². The molecular weight excluding hydrogens is 154 g/mol. The van der Waals surface area contributed by atoms with Gasteiger partial charge in [-0.1, -0.05) is 5.57 Å². The van der Waals surface area contributed by atoms with Crippen molar-refractivity contribution in [3.8, 4) is 0 Å². The average molecular weight is 165 g/mol. The average Bonchev–Trinajstić information content (AvgIpc) is 2.32. The van der Waals surface area contributed by atoms with Crippen molar-refractivity contribution >= 4 is 18.5 Å². The predicted octanol–water partition coefficient (Wildman–Crippen LogP) is -0.668. The summed E-state index contributed by atoms with van der Waals surface area (Å²) in [5.41, 5.74) is 0.810. The molecule has 4 nitrogen and oxygen atoms in total. The maximum atomic E-state index is 10.9. The Kier molecular flexibility index (Phi) is 2.28. The second-order valence-electron chi connectivity index (χ2n) is 2.68. The highest BCUT2D eigenvalue weighted by molar-refractivity contribution is 5.39.